The number of carbonyl (C=O) groups excluding carboxylic acids is 2. The van der Waals surface area contributed by atoms with Gasteiger partial charge in [-0.25, -0.2) is 0 Å². The van der Waals surface area contributed by atoms with Crippen molar-refractivity contribution in [3.05, 3.63) is 93.6 Å². The lowest BCUT2D eigenvalue weighted by Crippen LogP contribution is -2.30. The number of pyridine rings is 1. The third-order valence-corrected chi connectivity index (χ3v) is 5.70. The summed E-state index contributed by atoms with van der Waals surface area (Å²) >= 11 is 1.28. The van der Waals surface area contributed by atoms with Gasteiger partial charge in [0.1, 0.15) is 5.75 Å². The van der Waals surface area contributed by atoms with Crippen LogP contribution in [0, 0.1) is 0 Å². The van der Waals surface area contributed by atoms with Gasteiger partial charge in [0.05, 0.1) is 23.6 Å². The van der Waals surface area contributed by atoms with E-state index in [1.54, 1.807) is 73.4 Å². The highest BCUT2D eigenvalue weighted by Crippen LogP contribution is 2.40. The van der Waals surface area contributed by atoms with Gasteiger partial charge in [-0.2, -0.15) is 0 Å². The highest BCUT2D eigenvalue weighted by atomic mass is 32.1. The van der Waals surface area contributed by atoms with Gasteiger partial charge in [0, 0.05) is 18.9 Å². The van der Waals surface area contributed by atoms with Crippen LogP contribution in [0.25, 0.3) is 0 Å². The molecule has 0 saturated carbocycles. The molecule has 7 heteroatoms. The molecule has 0 aliphatic carbocycles. The van der Waals surface area contributed by atoms with Crippen LogP contribution in [0.2, 0.25) is 0 Å². The number of amides is 1. The first-order chi connectivity index (χ1) is 14.1. The zero-order chi connectivity index (χ0) is 20.4. The van der Waals surface area contributed by atoms with Gasteiger partial charge in [0.25, 0.3) is 5.91 Å². The van der Waals surface area contributed by atoms with E-state index in [-0.39, 0.29) is 17.9 Å². The van der Waals surface area contributed by atoms with Gasteiger partial charge in [-0.05, 0) is 46.8 Å². The number of aromatic nitrogens is 1. The fourth-order valence-electron chi connectivity index (χ4n) is 3.41. The minimum Gasteiger partial charge on any atom is -0.503 e. The molecule has 0 spiro atoms. The van der Waals surface area contributed by atoms with Crippen molar-refractivity contribution in [1.82, 2.24) is 9.88 Å². The highest BCUT2D eigenvalue weighted by Gasteiger charge is 2.43. The van der Waals surface area contributed by atoms with Crippen LogP contribution in [-0.2, 0) is 11.3 Å². The number of nitrogens with zero attached hydrogens (tertiary/aromatic N) is 2. The lowest BCUT2D eigenvalue weighted by atomic mass is 9.95. The molecule has 1 unspecified atom stereocenters. The number of methoxy groups -OCH3 is 1. The van der Waals surface area contributed by atoms with Gasteiger partial charge < -0.3 is 14.7 Å². The Balaban J connectivity index is 1.79. The quantitative estimate of drug-likeness (QED) is 0.628. The van der Waals surface area contributed by atoms with Crippen LogP contribution >= 0.6 is 11.3 Å². The molecule has 29 heavy (non-hydrogen) atoms. The maximum absolute atomic E-state index is 13.1. The zero-order valence-electron chi connectivity index (χ0n) is 15.6. The predicted molar refractivity (Wildman–Crippen MR) is 109 cm³/mol. The number of ketones is 1. The first kappa shape index (κ1) is 18.9. The van der Waals surface area contributed by atoms with E-state index >= 15 is 0 Å². The summed E-state index contributed by atoms with van der Waals surface area (Å²) in [4.78, 5) is 32.1. The second-order valence-electron chi connectivity index (χ2n) is 6.53. The molecule has 4 rings (SSSR count). The minimum absolute atomic E-state index is 0.0941. The number of hydrogen-bond acceptors (Lipinski definition) is 6. The van der Waals surface area contributed by atoms with Crippen molar-refractivity contribution < 1.29 is 19.4 Å². The molecule has 1 amide bonds. The average Bonchev–Trinajstić information content (AvgIpc) is 3.38. The predicted octanol–water partition coefficient (Wildman–Crippen LogP) is 3.93. The second-order valence-corrected chi connectivity index (χ2v) is 7.48. The van der Waals surface area contributed by atoms with E-state index in [1.165, 1.54) is 16.2 Å². The number of ether oxygens (including phenoxy) is 1. The van der Waals surface area contributed by atoms with E-state index in [0.717, 1.165) is 11.1 Å². The molecule has 1 aliphatic rings. The van der Waals surface area contributed by atoms with E-state index in [0.29, 0.717) is 10.6 Å². The smallest absolute Gasteiger partial charge is 0.290 e. The van der Waals surface area contributed by atoms with Crippen LogP contribution in [0.3, 0.4) is 0 Å². The third-order valence-electron chi connectivity index (χ3n) is 4.83. The first-order valence-corrected chi connectivity index (χ1v) is 9.83. The molecule has 0 bridgehead atoms. The molecule has 3 heterocycles. The van der Waals surface area contributed by atoms with E-state index in [4.69, 9.17) is 4.74 Å². The van der Waals surface area contributed by atoms with Crippen LogP contribution in [0.15, 0.2) is 77.6 Å². The zero-order valence-corrected chi connectivity index (χ0v) is 16.4. The van der Waals surface area contributed by atoms with Crippen molar-refractivity contribution in [2.75, 3.05) is 7.11 Å². The SMILES string of the molecule is COc1ccc(C2C(C(=O)c3cccs3)=C(O)C(=O)N2Cc2ccncc2)cc1. The number of rotatable bonds is 6. The molecule has 2 aromatic heterocycles. The lowest BCUT2D eigenvalue weighted by Gasteiger charge is -2.27. The Morgan fingerprint density at radius 1 is 1.17 bits per heavy atom. The summed E-state index contributed by atoms with van der Waals surface area (Å²) < 4.78 is 5.22. The molecular formula is C22H18N2O4S. The molecule has 6 nitrogen and oxygen atoms in total. The van der Waals surface area contributed by atoms with Gasteiger partial charge in [-0.15, -0.1) is 11.3 Å². The van der Waals surface area contributed by atoms with E-state index in [1.807, 2.05) is 0 Å². The molecule has 146 valence electrons. The van der Waals surface area contributed by atoms with Crippen LogP contribution in [0.1, 0.15) is 26.8 Å². The number of Topliss-reactive ketones (excluding diaryl/α,β-unsaturated/α-hetero) is 1. The number of hydrogen-bond donors (Lipinski definition) is 1. The van der Waals surface area contributed by atoms with E-state index in [9.17, 15) is 14.7 Å². The van der Waals surface area contributed by atoms with E-state index < -0.39 is 17.7 Å². The van der Waals surface area contributed by atoms with E-state index in [2.05, 4.69) is 4.98 Å². The first-order valence-electron chi connectivity index (χ1n) is 8.95. The molecule has 0 saturated heterocycles. The Kier molecular flexibility index (Phi) is 5.14. The molecule has 0 radical (unpaired) electrons. The summed E-state index contributed by atoms with van der Waals surface area (Å²) in [6.07, 6.45) is 3.28. The Morgan fingerprint density at radius 3 is 2.52 bits per heavy atom. The number of benzene rings is 1. The maximum atomic E-state index is 13.1. The molecule has 1 N–H and O–H groups in total. The molecule has 3 aromatic rings. The number of thiophene rings is 1. The molecular weight excluding hydrogens is 388 g/mol. The molecule has 1 atom stereocenters. The fraction of sp³-hybridized carbons (Fsp3) is 0.136. The normalized spacial score (nSPS) is 16.4. The topological polar surface area (TPSA) is 79.7 Å². The van der Waals surface area contributed by atoms with Crippen LogP contribution in [0.4, 0.5) is 0 Å². The van der Waals surface area contributed by atoms with Crippen molar-refractivity contribution >= 4 is 23.0 Å². The van der Waals surface area contributed by atoms with Gasteiger partial charge >= 0.3 is 0 Å². The minimum atomic E-state index is -0.698. The standard InChI is InChI=1S/C22H18N2O4S/c1-28-16-6-4-15(5-7-16)19-18(20(25)17-3-2-12-29-17)21(26)22(27)24(19)13-14-8-10-23-11-9-14/h2-12,19,26H,13H2,1H3. The van der Waals surface area contributed by atoms with Gasteiger partial charge in [0.2, 0.25) is 5.78 Å². The molecule has 1 aromatic carbocycles. The third kappa shape index (κ3) is 3.52. The summed E-state index contributed by atoms with van der Waals surface area (Å²) in [5.74, 6) is -0.747. The van der Waals surface area contributed by atoms with Crippen molar-refractivity contribution in [3.63, 3.8) is 0 Å². The summed E-state index contributed by atoms with van der Waals surface area (Å²) in [6, 6.07) is 13.5. The average molecular weight is 406 g/mol. The van der Waals surface area contributed by atoms with Crippen molar-refractivity contribution in [2.45, 2.75) is 12.6 Å². The van der Waals surface area contributed by atoms with Gasteiger partial charge in [-0.3, -0.25) is 14.6 Å². The Morgan fingerprint density at radius 2 is 1.90 bits per heavy atom. The van der Waals surface area contributed by atoms with Crippen LogP contribution in [0.5, 0.6) is 5.75 Å². The Labute approximate surface area is 171 Å². The molecule has 0 fully saturated rings. The van der Waals surface area contributed by atoms with Crippen molar-refractivity contribution in [2.24, 2.45) is 0 Å². The van der Waals surface area contributed by atoms with Gasteiger partial charge in [0.15, 0.2) is 5.76 Å². The number of aliphatic hydroxyl groups is 1. The maximum Gasteiger partial charge on any atom is 0.290 e. The van der Waals surface area contributed by atoms with Crippen LogP contribution < -0.4 is 4.74 Å². The number of aliphatic hydroxyl groups excluding tert-OH is 1. The van der Waals surface area contributed by atoms with Crippen molar-refractivity contribution in [3.8, 4) is 5.75 Å². The largest absolute Gasteiger partial charge is 0.503 e. The summed E-state index contributed by atoms with van der Waals surface area (Å²) in [5.41, 5.74) is 1.67. The summed E-state index contributed by atoms with van der Waals surface area (Å²) in [5, 5.41) is 12.4. The summed E-state index contributed by atoms with van der Waals surface area (Å²) in [7, 11) is 1.57. The summed E-state index contributed by atoms with van der Waals surface area (Å²) in [6.45, 7) is 0.239. The van der Waals surface area contributed by atoms with Crippen molar-refractivity contribution in [1.29, 1.82) is 0 Å². The fourth-order valence-corrected chi connectivity index (χ4v) is 4.08. The lowest BCUT2D eigenvalue weighted by molar-refractivity contribution is -0.130. The number of carbonyl (C=O) groups is 2. The molecule has 1 aliphatic heterocycles. The van der Waals surface area contributed by atoms with Gasteiger partial charge in [-0.1, -0.05) is 18.2 Å². The Hall–Kier alpha value is -3.45. The Bertz CT molecular complexity index is 1060. The van der Waals surface area contributed by atoms with Crippen LogP contribution in [-0.4, -0.2) is 33.8 Å². The highest BCUT2D eigenvalue weighted by molar-refractivity contribution is 7.12. The monoisotopic (exact) mass is 406 g/mol. The second kappa shape index (κ2) is 7.89.